The standard InChI is InChI=1S/C15H23NO3S/c1-12(2)8-9-16(14-6-7-14)20(18,19)15-5-3-4-13(10-15)11-17/h3-5,10,12,14,17H,6-9,11H2,1-2H3. The van der Waals surface area contributed by atoms with Gasteiger partial charge in [-0.15, -0.1) is 0 Å². The van der Waals surface area contributed by atoms with E-state index in [0.29, 0.717) is 22.9 Å². The second-order valence-corrected chi connectivity index (χ2v) is 7.73. The molecule has 0 heterocycles. The number of aliphatic hydroxyl groups is 1. The van der Waals surface area contributed by atoms with Crippen molar-refractivity contribution in [3.8, 4) is 0 Å². The van der Waals surface area contributed by atoms with Gasteiger partial charge in [-0.1, -0.05) is 26.0 Å². The molecule has 2 rings (SSSR count). The monoisotopic (exact) mass is 297 g/mol. The molecule has 1 N–H and O–H groups in total. The Morgan fingerprint density at radius 3 is 2.60 bits per heavy atom. The van der Waals surface area contributed by atoms with Gasteiger partial charge < -0.3 is 5.11 Å². The maximum Gasteiger partial charge on any atom is 0.243 e. The summed E-state index contributed by atoms with van der Waals surface area (Å²) in [6, 6.07) is 6.76. The van der Waals surface area contributed by atoms with E-state index in [1.807, 2.05) is 0 Å². The molecule has 0 bridgehead atoms. The highest BCUT2D eigenvalue weighted by molar-refractivity contribution is 7.89. The minimum Gasteiger partial charge on any atom is -0.392 e. The van der Waals surface area contributed by atoms with Crippen LogP contribution in [0, 0.1) is 5.92 Å². The van der Waals surface area contributed by atoms with E-state index in [9.17, 15) is 8.42 Å². The van der Waals surface area contributed by atoms with Crippen molar-refractivity contribution in [2.75, 3.05) is 6.54 Å². The lowest BCUT2D eigenvalue weighted by Gasteiger charge is -2.23. The van der Waals surface area contributed by atoms with Gasteiger partial charge in [-0.3, -0.25) is 0 Å². The summed E-state index contributed by atoms with van der Waals surface area (Å²) in [5.41, 5.74) is 0.630. The molecule has 1 aromatic rings. The van der Waals surface area contributed by atoms with Crippen LogP contribution in [0.5, 0.6) is 0 Å². The van der Waals surface area contributed by atoms with Crippen molar-refractivity contribution >= 4 is 10.0 Å². The van der Waals surface area contributed by atoms with Gasteiger partial charge in [-0.2, -0.15) is 4.31 Å². The van der Waals surface area contributed by atoms with Crippen LogP contribution in [0.2, 0.25) is 0 Å². The van der Waals surface area contributed by atoms with Crippen molar-refractivity contribution in [2.24, 2.45) is 5.92 Å². The average molecular weight is 297 g/mol. The van der Waals surface area contributed by atoms with E-state index in [4.69, 9.17) is 5.11 Å². The molecule has 4 nitrogen and oxygen atoms in total. The van der Waals surface area contributed by atoms with Crippen molar-refractivity contribution in [3.63, 3.8) is 0 Å². The Morgan fingerprint density at radius 2 is 2.05 bits per heavy atom. The third-order valence-corrected chi connectivity index (χ3v) is 5.52. The predicted octanol–water partition coefficient (Wildman–Crippen LogP) is 2.38. The Hall–Kier alpha value is -0.910. The lowest BCUT2D eigenvalue weighted by molar-refractivity contribution is 0.281. The summed E-state index contributed by atoms with van der Waals surface area (Å²) < 4.78 is 27.1. The molecule has 0 radical (unpaired) electrons. The first-order valence-corrected chi connectivity index (χ1v) is 8.61. The third kappa shape index (κ3) is 3.59. The summed E-state index contributed by atoms with van der Waals surface area (Å²) in [4.78, 5) is 0.291. The number of aliphatic hydroxyl groups excluding tert-OH is 1. The summed E-state index contributed by atoms with van der Waals surface area (Å²) in [6.07, 6.45) is 2.78. The van der Waals surface area contributed by atoms with Crippen molar-refractivity contribution in [1.82, 2.24) is 4.31 Å². The zero-order valence-corrected chi connectivity index (χ0v) is 12.9. The normalized spacial score (nSPS) is 16.1. The number of benzene rings is 1. The van der Waals surface area contributed by atoms with Crippen LogP contribution in [0.4, 0.5) is 0 Å². The summed E-state index contributed by atoms with van der Waals surface area (Å²) in [7, 11) is -3.44. The van der Waals surface area contributed by atoms with E-state index in [1.165, 1.54) is 0 Å². The lowest BCUT2D eigenvalue weighted by Crippen LogP contribution is -2.34. The molecule has 1 fully saturated rings. The minimum atomic E-state index is -3.44. The number of sulfonamides is 1. The summed E-state index contributed by atoms with van der Waals surface area (Å²) >= 11 is 0. The van der Waals surface area contributed by atoms with Crippen molar-refractivity contribution < 1.29 is 13.5 Å². The van der Waals surface area contributed by atoms with E-state index in [1.54, 1.807) is 28.6 Å². The third-order valence-electron chi connectivity index (χ3n) is 3.57. The highest BCUT2D eigenvalue weighted by atomic mass is 32.2. The average Bonchev–Trinajstić information content (AvgIpc) is 3.23. The Morgan fingerprint density at radius 1 is 1.35 bits per heavy atom. The first kappa shape index (κ1) is 15.5. The molecule has 0 aliphatic heterocycles. The van der Waals surface area contributed by atoms with E-state index in [-0.39, 0.29) is 12.6 Å². The fraction of sp³-hybridized carbons (Fsp3) is 0.600. The van der Waals surface area contributed by atoms with Crippen LogP contribution in [-0.4, -0.2) is 30.4 Å². The molecule has 1 aromatic carbocycles. The zero-order valence-electron chi connectivity index (χ0n) is 12.1. The van der Waals surface area contributed by atoms with Gasteiger partial charge >= 0.3 is 0 Å². The van der Waals surface area contributed by atoms with Crippen LogP contribution in [0.3, 0.4) is 0 Å². The maximum absolute atomic E-state index is 12.7. The SMILES string of the molecule is CC(C)CCN(C1CC1)S(=O)(=O)c1cccc(CO)c1. The molecule has 0 unspecified atom stereocenters. The van der Waals surface area contributed by atoms with E-state index < -0.39 is 10.0 Å². The molecule has 1 aliphatic rings. The molecule has 5 heteroatoms. The molecule has 112 valence electrons. The molecular formula is C15H23NO3S. The fourth-order valence-electron chi connectivity index (χ4n) is 2.19. The van der Waals surface area contributed by atoms with Crippen molar-refractivity contribution in [1.29, 1.82) is 0 Å². The summed E-state index contributed by atoms with van der Waals surface area (Å²) in [5.74, 6) is 0.482. The Labute approximate surface area is 121 Å². The number of rotatable bonds is 7. The molecule has 20 heavy (non-hydrogen) atoms. The zero-order chi connectivity index (χ0) is 14.8. The lowest BCUT2D eigenvalue weighted by atomic mass is 10.1. The quantitative estimate of drug-likeness (QED) is 0.840. The number of hydrogen-bond donors (Lipinski definition) is 1. The van der Waals surface area contributed by atoms with Crippen LogP contribution in [0.15, 0.2) is 29.2 Å². The number of nitrogens with zero attached hydrogens (tertiary/aromatic N) is 1. The maximum atomic E-state index is 12.7. The first-order valence-electron chi connectivity index (χ1n) is 7.17. The Balaban J connectivity index is 2.25. The van der Waals surface area contributed by atoms with Gasteiger partial charge in [0.15, 0.2) is 0 Å². The van der Waals surface area contributed by atoms with Crippen LogP contribution < -0.4 is 0 Å². The molecule has 0 spiro atoms. The van der Waals surface area contributed by atoms with Gasteiger partial charge in [0.2, 0.25) is 10.0 Å². The predicted molar refractivity (Wildman–Crippen MR) is 78.7 cm³/mol. The molecule has 0 atom stereocenters. The largest absolute Gasteiger partial charge is 0.392 e. The van der Waals surface area contributed by atoms with Gasteiger partial charge in [-0.05, 0) is 42.9 Å². The Bertz CT molecular complexity index is 550. The molecular weight excluding hydrogens is 274 g/mol. The van der Waals surface area contributed by atoms with E-state index in [2.05, 4.69) is 13.8 Å². The van der Waals surface area contributed by atoms with Crippen LogP contribution in [0.25, 0.3) is 0 Å². The van der Waals surface area contributed by atoms with Gasteiger partial charge in [0.05, 0.1) is 11.5 Å². The van der Waals surface area contributed by atoms with Crippen LogP contribution in [0.1, 0.15) is 38.7 Å². The molecule has 1 saturated carbocycles. The van der Waals surface area contributed by atoms with Gasteiger partial charge in [0.1, 0.15) is 0 Å². The van der Waals surface area contributed by atoms with E-state index >= 15 is 0 Å². The van der Waals surface area contributed by atoms with Gasteiger partial charge in [0.25, 0.3) is 0 Å². The fourth-order valence-corrected chi connectivity index (χ4v) is 3.96. The minimum absolute atomic E-state index is 0.140. The molecule has 0 saturated heterocycles. The molecule has 0 amide bonds. The van der Waals surface area contributed by atoms with Crippen molar-refractivity contribution in [2.45, 2.75) is 50.7 Å². The molecule has 1 aliphatic carbocycles. The second-order valence-electron chi connectivity index (χ2n) is 5.83. The summed E-state index contributed by atoms with van der Waals surface area (Å²) in [6.45, 7) is 4.64. The van der Waals surface area contributed by atoms with Crippen molar-refractivity contribution in [3.05, 3.63) is 29.8 Å². The smallest absolute Gasteiger partial charge is 0.243 e. The first-order chi connectivity index (χ1) is 9.45. The highest BCUT2D eigenvalue weighted by Crippen LogP contribution is 2.32. The topological polar surface area (TPSA) is 57.6 Å². The highest BCUT2D eigenvalue weighted by Gasteiger charge is 2.37. The van der Waals surface area contributed by atoms with Crippen LogP contribution in [-0.2, 0) is 16.6 Å². The van der Waals surface area contributed by atoms with E-state index in [0.717, 1.165) is 19.3 Å². The van der Waals surface area contributed by atoms with Gasteiger partial charge in [0, 0.05) is 12.6 Å². The molecule has 0 aromatic heterocycles. The van der Waals surface area contributed by atoms with Gasteiger partial charge in [-0.25, -0.2) is 8.42 Å². The second kappa shape index (κ2) is 6.24. The van der Waals surface area contributed by atoms with Crippen LogP contribution >= 0.6 is 0 Å². The number of hydrogen-bond acceptors (Lipinski definition) is 3. The Kier molecular flexibility index (Phi) is 4.83. The summed E-state index contributed by atoms with van der Waals surface area (Å²) in [5, 5.41) is 9.16.